The van der Waals surface area contributed by atoms with E-state index in [2.05, 4.69) is 6.58 Å². The Bertz CT molecular complexity index is 1070. The van der Waals surface area contributed by atoms with Crippen molar-refractivity contribution >= 4 is 24.1 Å². The Morgan fingerprint density at radius 1 is 0.638 bits per heavy atom. The smallest absolute Gasteiger partial charge is 0.410 e. The molecule has 3 heterocycles. The average molecular weight is 668 g/mol. The standard InChI is InChI=1S/C13H23NO3.C12H21NO3.C10H17NO3/c1-5-6-13(16)7-9-14(10-8-13)11(15)17-12(2,3)4;1-5-12(15)6-8-13(9-7-12)10(14)16-11(2,3)4;1-10(2,3)14-9(13)11-6-4-8(12)5-7-11/h5-6,16H,7-10H2,1-4H3;5,15H,1,6-9H2,2-4H3;4-7H2,1-3H3/b6-5+;;. The number of carbonyl (C=O) groups excluding carboxylic acids is 4. The maximum Gasteiger partial charge on any atom is 0.410 e. The van der Waals surface area contributed by atoms with Crippen LogP contribution >= 0.6 is 0 Å². The lowest BCUT2D eigenvalue weighted by Crippen LogP contribution is -2.47. The van der Waals surface area contributed by atoms with Crippen molar-refractivity contribution in [2.24, 2.45) is 0 Å². The van der Waals surface area contributed by atoms with Crippen molar-refractivity contribution in [3.63, 3.8) is 0 Å². The minimum Gasteiger partial charge on any atom is -0.444 e. The molecule has 0 unspecified atom stereocenters. The van der Waals surface area contributed by atoms with Crippen molar-refractivity contribution in [2.45, 2.75) is 136 Å². The van der Waals surface area contributed by atoms with Gasteiger partial charge in [-0.25, -0.2) is 14.4 Å². The van der Waals surface area contributed by atoms with Crippen LogP contribution in [-0.2, 0) is 19.0 Å². The van der Waals surface area contributed by atoms with Crippen molar-refractivity contribution in [1.29, 1.82) is 0 Å². The molecule has 0 atom stereocenters. The highest BCUT2D eigenvalue weighted by Crippen LogP contribution is 2.25. The molecular weight excluding hydrogens is 606 g/mol. The van der Waals surface area contributed by atoms with Gasteiger partial charge in [0.05, 0.1) is 11.2 Å². The highest BCUT2D eigenvalue weighted by Gasteiger charge is 2.34. The van der Waals surface area contributed by atoms with Gasteiger partial charge in [0.15, 0.2) is 0 Å². The van der Waals surface area contributed by atoms with Crippen LogP contribution in [0.2, 0.25) is 0 Å². The van der Waals surface area contributed by atoms with E-state index in [1.54, 1.807) is 26.9 Å². The van der Waals surface area contributed by atoms with E-state index in [4.69, 9.17) is 14.2 Å². The van der Waals surface area contributed by atoms with Crippen LogP contribution in [0.25, 0.3) is 0 Å². The van der Waals surface area contributed by atoms with Gasteiger partial charge in [0.1, 0.15) is 22.6 Å². The second-order valence-electron chi connectivity index (χ2n) is 15.4. The summed E-state index contributed by atoms with van der Waals surface area (Å²) < 4.78 is 15.7. The summed E-state index contributed by atoms with van der Waals surface area (Å²) in [6.07, 6.45) is 7.39. The van der Waals surface area contributed by atoms with Gasteiger partial charge in [0.2, 0.25) is 0 Å². The fourth-order valence-electron chi connectivity index (χ4n) is 4.75. The number of ether oxygens (including phenoxy) is 3. The zero-order chi connectivity index (χ0) is 36.3. The molecule has 0 spiro atoms. The minimum atomic E-state index is -0.821. The van der Waals surface area contributed by atoms with Gasteiger partial charge in [-0.2, -0.15) is 0 Å². The van der Waals surface area contributed by atoms with E-state index in [0.717, 1.165) is 0 Å². The Kier molecular flexibility index (Phi) is 15.4. The molecule has 3 aliphatic rings. The lowest BCUT2D eigenvalue weighted by atomic mass is 9.91. The third kappa shape index (κ3) is 17.0. The number of hydrogen-bond donors (Lipinski definition) is 2. The lowest BCUT2D eigenvalue weighted by Gasteiger charge is -2.37. The maximum atomic E-state index is 11.8. The molecule has 0 aromatic heterocycles. The molecule has 0 aromatic carbocycles. The van der Waals surface area contributed by atoms with Crippen molar-refractivity contribution in [3.8, 4) is 0 Å². The van der Waals surface area contributed by atoms with Gasteiger partial charge in [0, 0.05) is 52.1 Å². The molecule has 3 aliphatic heterocycles. The summed E-state index contributed by atoms with van der Waals surface area (Å²) in [5.41, 5.74) is -2.97. The van der Waals surface area contributed by atoms with Gasteiger partial charge in [-0.15, -0.1) is 6.58 Å². The molecular formula is C35H61N3O9. The SMILES string of the molecule is C/C=C/C1(O)CCN(C(=O)OC(C)(C)C)CC1.C=CC1(O)CCN(C(=O)OC(C)(C)C)CC1.CC(C)(C)OC(=O)N1CCC(=O)CC1. The summed E-state index contributed by atoms with van der Waals surface area (Å²) in [5, 5.41) is 20.1. The molecule has 3 rings (SSSR count). The highest BCUT2D eigenvalue weighted by atomic mass is 16.6. The van der Waals surface area contributed by atoms with E-state index in [9.17, 15) is 29.4 Å². The number of aliphatic hydroxyl groups is 2. The number of hydrogen-bond acceptors (Lipinski definition) is 9. The summed E-state index contributed by atoms with van der Waals surface area (Å²) in [6, 6.07) is 0. The van der Waals surface area contributed by atoms with Gasteiger partial charge >= 0.3 is 18.3 Å². The molecule has 0 saturated carbocycles. The molecule has 0 aliphatic carbocycles. The van der Waals surface area contributed by atoms with Crippen LogP contribution in [0.5, 0.6) is 0 Å². The zero-order valence-electron chi connectivity index (χ0n) is 30.5. The van der Waals surface area contributed by atoms with Crippen molar-refractivity contribution in [2.75, 3.05) is 39.3 Å². The number of Topliss-reactive ketones (excluding diaryl/α,β-unsaturated/α-hetero) is 1. The number of allylic oxidation sites excluding steroid dienone is 1. The first-order chi connectivity index (χ1) is 21.4. The van der Waals surface area contributed by atoms with E-state index in [1.165, 1.54) is 0 Å². The van der Waals surface area contributed by atoms with Crippen molar-refractivity contribution < 1.29 is 43.6 Å². The van der Waals surface area contributed by atoms with E-state index >= 15 is 0 Å². The first-order valence-electron chi connectivity index (χ1n) is 16.6. The number of ketones is 1. The van der Waals surface area contributed by atoms with Crippen LogP contribution in [0.15, 0.2) is 24.8 Å². The lowest BCUT2D eigenvalue weighted by molar-refractivity contribution is -0.121. The summed E-state index contributed by atoms with van der Waals surface area (Å²) in [5.74, 6) is 0.227. The molecule has 12 nitrogen and oxygen atoms in total. The van der Waals surface area contributed by atoms with E-state index in [1.807, 2.05) is 75.3 Å². The van der Waals surface area contributed by atoms with Gasteiger partial charge < -0.3 is 39.1 Å². The molecule has 3 amide bonds. The van der Waals surface area contributed by atoms with Crippen molar-refractivity contribution in [1.82, 2.24) is 14.7 Å². The normalized spacial score (nSPS) is 19.8. The topological polar surface area (TPSA) is 146 Å². The predicted molar refractivity (Wildman–Crippen MR) is 181 cm³/mol. The maximum absolute atomic E-state index is 11.8. The Morgan fingerprint density at radius 3 is 1.21 bits per heavy atom. The molecule has 3 saturated heterocycles. The Morgan fingerprint density at radius 2 is 0.936 bits per heavy atom. The monoisotopic (exact) mass is 667 g/mol. The number of piperidine rings is 3. The zero-order valence-corrected chi connectivity index (χ0v) is 30.5. The third-order valence-corrected chi connectivity index (χ3v) is 7.39. The number of amides is 3. The molecule has 47 heavy (non-hydrogen) atoms. The third-order valence-electron chi connectivity index (χ3n) is 7.39. The molecule has 0 bridgehead atoms. The second-order valence-corrected chi connectivity index (χ2v) is 15.4. The van der Waals surface area contributed by atoms with Gasteiger partial charge in [-0.1, -0.05) is 18.2 Å². The van der Waals surface area contributed by atoms with Gasteiger partial charge in [-0.05, 0) is 94.9 Å². The number of rotatable bonds is 2. The Hall–Kier alpha value is -3.12. The second kappa shape index (κ2) is 17.3. The Balaban J connectivity index is 0.000000354. The first-order valence-corrected chi connectivity index (χ1v) is 16.6. The molecule has 3 fully saturated rings. The van der Waals surface area contributed by atoms with Crippen LogP contribution in [-0.4, -0.2) is 116 Å². The largest absolute Gasteiger partial charge is 0.444 e. The van der Waals surface area contributed by atoms with Crippen LogP contribution in [0.3, 0.4) is 0 Å². The number of nitrogens with zero attached hydrogens (tertiary/aromatic N) is 3. The average Bonchev–Trinajstić information content (AvgIpc) is 2.92. The molecule has 12 heteroatoms. The van der Waals surface area contributed by atoms with Crippen molar-refractivity contribution in [3.05, 3.63) is 24.8 Å². The quantitative estimate of drug-likeness (QED) is 0.274. The van der Waals surface area contributed by atoms with E-state index in [0.29, 0.717) is 77.8 Å². The number of carbonyl (C=O) groups is 4. The molecule has 270 valence electrons. The molecule has 2 N–H and O–H groups in total. The van der Waals surface area contributed by atoms with Crippen LogP contribution in [0, 0.1) is 0 Å². The van der Waals surface area contributed by atoms with Crippen LogP contribution in [0.4, 0.5) is 14.4 Å². The number of likely N-dealkylation sites (tertiary alicyclic amines) is 3. The van der Waals surface area contributed by atoms with Crippen LogP contribution in [0.1, 0.15) is 108 Å². The van der Waals surface area contributed by atoms with Crippen LogP contribution < -0.4 is 0 Å². The fourth-order valence-corrected chi connectivity index (χ4v) is 4.75. The molecule has 0 aromatic rings. The Labute approximate surface area is 282 Å². The highest BCUT2D eigenvalue weighted by molar-refractivity contribution is 5.81. The van der Waals surface area contributed by atoms with Gasteiger partial charge in [-0.3, -0.25) is 4.79 Å². The van der Waals surface area contributed by atoms with E-state index < -0.39 is 28.0 Å². The summed E-state index contributed by atoms with van der Waals surface area (Å²) in [4.78, 5) is 50.8. The van der Waals surface area contributed by atoms with Gasteiger partial charge in [0.25, 0.3) is 0 Å². The summed E-state index contributed by atoms with van der Waals surface area (Å²) in [7, 11) is 0. The summed E-state index contributed by atoms with van der Waals surface area (Å²) in [6.45, 7) is 25.2. The van der Waals surface area contributed by atoms with E-state index in [-0.39, 0.29) is 24.1 Å². The summed E-state index contributed by atoms with van der Waals surface area (Å²) >= 11 is 0. The minimum absolute atomic E-state index is 0.227. The predicted octanol–water partition coefficient (Wildman–Crippen LogP) is 5.85. The first kappa shape index (κ1) is 41.9. The fraction of sp³-hybridized carbons (Fsp3) is 0.771. The molecule has 0 radical (unpaired) electrons.